The van der Waals surface area contributed by atoms with E-state index >= 15 is 0 Å². The minimum Gasteiger partial charge on any atom is -0.368 e. The zero-order chi connectivity index (χ0) is 26.2. The molecule has 2 aliphatic heterocycles. The molecule has 0 aliphatic carbocycles. The van der Waals surface area contributed by atoms with E-state index in [1.165, 1.54) is 49.3 Å². The molecule has 7 nitrogen and oxygen atoms in total. The predicted octanol–water partition coefficient (Wildman–Crippen LogP) is 4.83. The van der Waals surface area contributed by atoms with Gasteiger partial charge in [-0.2, -0.15) is 18.3 Å². The van der Waals surface area contributed by atoms with Gasteiger partial charge in [0.15, 0.2) is 5.65 Å². The topological polar surface area (TPSA) is 65.8 Å². The summed E-state index contributed by atoms with van der Waals surface area (Å²) in [4.78, 5) is 22.3. The molecular formula is C26H30F4N6O. The van der Waals surface area contributed by atoms with Gasteiger partial charge in [-0.1, -0.05) is 18.6 Å². The number of rotatable bonds is 5. The van der Waals surface area contributed by atoms with Crippen molar-refractivity contribution in [1.82, 2.24) is 24.8 Å². The largest absolute Gasteiger partial charge is 0.419 e. The Bertz CT molecular complexity index is 1260. The number of piperidine rings is 2. The van der Waals surface area contributed by atoms with Crippen LogP contribution in [0.1, 0.15) is 66.6 Å². The number of hydrogen-bond acceptors (Lipinski definition) is 5. The molecule has 1 amide bonds. The fourth-order valence-corrected chi connectivity index (χ4v) is 5.48. The van der Waals surface area contributed by atoms with Crippen LogP contribution < -0.4 is 10.2 Å². The van der Waals surface area contributed by atoms with Gasteiger partial charge in [-0.3, -0.25) is 4.79 Å². The predicted molar refractivity (Wildman–Crippen MR) is 131 cm³/mol. The highest BCUT2D eigenvalue weighted by Gasteiger charge is 2.35. The van der Waals surface area contributed by atoms with Crippen molar-refractivity contribution in [2.75, 3.05) is 31.1 Å². The number of halogens is 4. The van der Waals surface area contributed by atoms with E-state index in [0.29, 0.717) is 17.8 Å². The van der Waals surface area contributed by atoms with E-state index in [-0.39, 0.29) is 11.1 Å². The Morgan fingerprint density at radius 3 is 2.54 bits per heavy atom. The van der Waals surface area contributed by atoms with Crippen LogP contribution >= 0.6 is 0 Å². The molecule has 37 heavy (non-hydrogen) atoms. The third-order valence-electron chi connectivity index (χ3n) is 7.48. The maximum Gasteiger partial charge on any atom is 0.419 e. The maximum absolute atomic E-state index is 14.6. The van der Waals surface area contributed by atoms with Gasteiger partial charge in [0.2, 0.25) is 0 Å². The Morgan fingerprint density at radius 2 is 1.84 bits per heavy atom. The van der Waals surface area contributed by atoms with Crippen LogP contribution in [-0.2, 0) is 6.18 Å². The standard InChI is InChI=1S/C26H30F4N6O/c1-17(20-6-5-7-21(23(20)27)26(28,29)30)33-25(37)18-14-22(24-31-16-32-36(24)15-18)35-12-8-19(9-13-35)34-10-3-2-4-11-34/h5-7,14-17,19H,2-4,8-13H2,1H3,(H,33,37)/t17-/m1/s1. The van der Waals surface area contributed by atoms with E-state index in [4.69, 9.17) is 0 Å². The highest BCUT2D eigenvalue weighted by atomic mass is 19.4. The molecule has 0 unspecified atom stereocenters. The molecule has 4 heterocycles. The van der Waals surface area contributed by atoms with Gasteiger partial charge in [-0.05, 0) is 57.8 Å². The number of pyridine rings is 1. The molecule has 0 saturated carbocycles. The fraction of sp³-hybridized carbons (Fsp3) is 0.500. The molecule has 2 fully saturated rings. The number of benzene rings is 1. The van der Waals surface area contributed by atoms with Crippen LogP contribution in [-0.4, -0.2) is 57.6 Å². The van der Waals surface area contributed by atoms with Crippen LogP contribution in [0, 0.1) is 5.82 Å². The van der Waals surface area contributed by atoms with Gasteiger partial charge < -0.3 is 15.1 Å². The molecule has 0 spiro atoms. The number of amides is 1. The normalized spacial score (nSPS) is 18.8. The van der Waals surface area contributed by atoms with Gasteiger partial charge in [0.05, 0.1) is 22.9 Å². The maximum atomic E-state index is 14.6. The van der Waals surface area contributed by atoms with Gasteiger partial charge in [0.1, 0.15) is 12.1 Å². The van der Waals surface area contributed by atoms with E-state index in [1.54, 1.807) is 6.07 Å². The number of anilines is 1. The first-order valence-electron chi connectivity index (χ1n) is 12.7. The molecule has 198 valence electrons. The van der Waals surface area contributed by atoms with Crippen LogP contribution in [0.5, 0.6) is 0 Å². The number of aromatic nitrogens is 3. The molecule has 0 radical (unpaired) electrons. The molecular weight excluding hydrogens is 488 g/mol. The summed E-state index contributed by atoms with van der Waals surface area (Å²) in [6.45, 7) is 5.40. The third-order valence-corrected chi connectivity index (χ3v) is 7.48. The fourth-order valence-electron chi connectivity index (χ4n) is 5.48. The third kappa shape index (κ3) is 5.27. The second-order valence-corrected chi connectivity index (χ2v) is 9.86. The number of hydrogen-bond donors (Lipinski definition) is 1. The van der Waals surface area contributed by atoms with Gasteiger partial charge in [0, 0.05) is 30.9 Å². The van der Waals surface area contributed by atoms with E-state index < -0.39 is 29.5 Å². The molecule has 1 aromatic carbocycles. The van der Waals surface area contributed by atoms with Crippen molar-refractivity contribution < 1.29 is 22.4 Å². The average molecular weight is 519 g/mol. The van der Waals surface area contributed by atoms with Crippen LogP contribution in [0.2, 0.25) is 0 Å². The number of alkyl halides is 3. The van der Waals surface area contributed by atoms with Crippen molar-refractivity contribution in [3.8, 4) is 0 Å². The first kappa shape index (κ1) is 25.4. The Kier molecular flexibility index (Phi) is 7.06. The van der Waals surface area contributed by atoms with Crippen molar-refractivity contribution in [2.45, 2.75) is 57.3 Å². The lowest BCUT2D eigenvalue weighted by atomic mass is 9.99. The van der Waals surface area contributed by atoms with Crippen LogP contribution in [0.25, 0.3) is 5.65 Å². The zero-order valence-corrected chi connectivity index (χ0v) is 20.6. The average Bonchev–Trinajstić information content (AvgIpc) is 3.37. The minimum absolute atomic E-state index is 0.231. The molecule has 1 atom stereocenters. The van der Waals surface area contributed by atoms with Crippen molar-refractivity contribution >= 4 is 17.2 Å². The zero-order valence-electron chi connectivity index (χ0n) is 20.6. The van der Waals surface area contributed by atoms with E-state index in [2.05, 4.69) is 25.2 Å². The summed E-state index contributed by atoms with van der Waals surface area (Å²) in [5.41, 5.74) is 0.0888. The molecule has 5 rings (SSSR count). The summed E-state index contributed by atoms with van der Waals surface area (Å²) in [7, 11) is 0. The van der Waals surface area contributed by atoms with Gasteiger partial charge in [-0.25, -0.2) is 13.9 Å². The Morgan fingerprint density at radius 1 is 1.11 bits per heavy atom. The molecule has 11 heteroatoms. The van der Waals surface area contributed by atoms with E-state index in [9.17, 15) is 22.4 Å². The number of carbonyl (C=O) groups excluding carboxylic acids is 1. The SMILES string of the molecule is C[C@@H](NC(=O)c1cc(N2CCC(N3CCCCC3)CC2)c2ncnn2c1)c1cccc(C(F)(F)F)c1F. The molecule has 0 bridgehead atoms. The Balaban J connectivity index is 1.34. The molecule has 2 aliphatic rings. The number of nitrogens with zero attached hydrogens (tertiary/aromatic N) is 5. The highest BCUT2D eigenvalue weighted by molar-refractivity contribution is 5.96. The first-order chi connectivity index (χ1) is 17.7. The Labute approximate surface area is 212 Å². The molecule has 2 aromatic heterocycles. The number of fused-ring (bicyclic) bond motifs is 1. The lowest BCUT2D eigenvalue weighted by Crippen LogP contribution is -2.46. The summed E-state index contributed by atoms with van der Waals surface area (Å²) in [5, 5.41) is 6.84. The summed E-state index contributed by atoms with van der Waals surface area (Å²) >= 11 is 0. The molecule has 1 N–H and O–H groups in total. The number of likely N-dealkylation sites (tertiary alicyclic amines) is 1. The second kappa shape index (κ2) is 10.3. The minimum atomic E-state index is -4.82. The van der Waals surface area contributed by atoms with Crippen LogP contribution in [0.15, 0.2) is 36.8 Å². The molecule has 3 aromatic rings. The summed E-state index contributed by atoms with van der Waals surface area (Å²) < 4.78 is 55.5. The van der Waals surface area contributed by atoms with Gasteiger partial charge in [0.25, 0.3) is 5.91 Å². The smallest absolute Gasteiger partial charge is 0.368 e. The van der Waals surface area contributed by atoms with Crippen molar-refractivity contribution in [3.63, 3.8) is 0 Å². The van der Waals surface area contributed by atoms with E-state index in [0.717, 1.165) is 50.8 Å². The summed E-state index contributed by atoms with van der Waals surface area (Å²) in [6, 6.07) is 4.37. The van der Waals surface area contributed by atoms with Crippen molar-refractivity contribution in [2.24, 2.45) is 0 Å². The first-order valence-corrected chi connectivity index (χ1v) is 12.7. The summed E-state index contributed by atoms with van der Waals surface area (Å²) in [5.74, 6) is -1.92. The number of nitrogens with one attached hydrogen (secondary N) is 1. The highest BCUT2D eigenvalue weighted by Crippen LogP contribution is 2.34. The second-order valence-electron chi connectivity index (χ2n) is 9.86. The summed E-state index contributed by atoms with van der Waals surface area (Å²) in [6.07, 6.45) is 3.96. The lowest BCUT2D eigenvalue weighted by Gasteiger charge is -2.41. The molecule has 2 saturated heterocycles. The van der Waals surface area contributed by atoms with Gasteiger partial charge >= 0.3 is 6.18 Å². The van der Waals surface area contributed by atoms with E-state index in [1.807, 2.05) is 0 Å². The van der Waals surface area contributed by atoms with Crippen LogP contribution in [0.4, 0.5) is 23.2 Å². The van der Waals surface area contributed by atoms with Crippen molar-refractivity contribution in [1.29, 1.82) is 0 Å². The quantitative estimate of drug-likeness (QED) is 0.490. The monoisotopic (exact) mass is 518 g/mol. The number of carbonyl (C=O) groups is 1. The van der Waals surface area contributed by atoms with Crippen LogP contribution in [0.3, 0.4) is 0 Å². The lowest BCUT2D eigenvalue weighted by molar-refractivity contribution is -0.140. The Hall–Kier alpha value is -3.21. The van der Waals surface area contributed by atoms with Gasteiger partial charge in [-0.15, -0.1) is 0 Å². The van der Waals surface area contributed by atoms with Crippen molar-refractivity contribution in [3.05, 3.63) is 59.3 Å².